The third kappa shape index (κ3) is 4.05. The largest absolute Gasteiger partial charge is 0.367 e. The van der Waals surface area contributed by atoms with Gasteiger partial charge in [0, 0.05) is 25.1 Å². The van der Waals surface area contributed by atoms with Crippen molar-refractivity contribution in [1.29, 1.82) is 0 Å². The molecule has 0 bridgehead atoms. The lowest BCUT2D eigenvalue weighted by molar-refractivity contribution is -0.121. The van der Waals surface area contributed by atoms with Crippen LogP contribution in [0.4, 0.5) is 5.82 Å². The Morgan fingerprint density at radius 3 is 2.89 bits per heavy atom. The number of hydrogen-bond acceptors (Lipinski definition) is 4. The molecule has 1 aromatic heterocycles. The second-order valence-corrected chi connectivity index (χ2v) is 4.90. The Kier molecular flexibility index (Phi) is 4.61. The molecule has 5 nitrogen and oxygen atoms in total. The van der Waals surface area contributed by atoms with Crippen LogP contribution in [0.5, 0.6) is 0 Å². The molecule has 1 aromatic rings. The Morgan fingerprint density at radius 2 is 2.22 bits per heavy atom. The van der Waals surface area contributed by atoms with Crippen LogP contribution in [0.25, 0.3) is 0 Å². The van der Waals surface area contributed by atoms with Crippen molar-refractivity contribution in [3.8, 4) is 0 Å². The molecule has 1 aliphatic carbocycles. The van der Waals surface area contributed by atoms with Gasteiger partial charge < -0.3 is 15.2 Å². The molecule has 0 aromatic carbocycles. The fourth-order valence-corrected chi connectivity index (χ4v) is 2.30. The van der Waals surface area contributed by atoms with Gasteiger partial charge in [0.2, 0.25) is 5.91 Å². The van der Waals surface area contributed by atoms with Gasteiger partial charge in [-0.2, -0.15) is 0 Å². The van der Waals surface area contributed by atoms with Crippen LogP contribution in [0.15, 0.2) is 10.6 Å². The molecule has 1 fully saturated rings. The molecule has 1 amide bonds. The fourth-order valence-electron chi connectivity index (χ4n) is 2.30. The van der Waals surface area contributed by atoms with Crippen molar-refractivity contribution >= 4 is 11.7 Å². The summed E-state index contributed by atoms with van der Waals surface area (Å²) in [4.78, 5) is 11.7. The number of anilines is 1. The summed E-state index contributed by atoms with van der Waals surface area (Å²) in [6.45, 7) is 2.43. The SMILES string of the molecule is Cc1cc(NCCC(=O)NC2CCCCC2)no1. The average Bonchev–Trinajstić information content (AvgIpc) is 2.76. The van der Waals surface area contributed by atoms with Gasteiger partial charge in [-0.05, 0) is 19.8 Å². The summed E-state index contributed by atoms with van der Waals surface area (Å²) < 4.78 is 4.93. The molecular formula is C13H21N3O2. The maximum absolute atomic E-state index is 11.7. The van der Waals surface area contributed by atoms with Gasteiger partial charge >= 0.3 is 0 Å². The van der Waals surface area contributed by atoms with E-state index in [9.17, 15) is 4.79 Å². The van der Waals surface area contributed by atoms with E-state index in [4.69, 9.17) is 4.52 Å². The maximum Gasteiger partial charge on any atom is 0.221 e. The molecule has 0 atom stereocenters. The first-order valence-electron chi connectivity index (χ1n) is 6.70. The smallest absolute Gasteiger partial charge is 0.221 e. The predicted molar refractivity (Wildman–Crippen MR) is 69.4 cm³/mol. The van der Waals surface area contributed by atoms with Crippen LogP contribution in [-0.2, 0) is 4.79 Å². The van der Waals surface area contributed by atoms with Gasteiger partial charge in [-0.1, -0.05) is 24.4 Å². The van der Waals surface area contributed by atoms with Crippen molar-refractivity contribution in [3.63, 3.8) is 0 Å². The maximum atomic E-state index is 11.7. The lowest BCUT2D eigenvalue weighted by Crippen LogP contribution is -2.36. The van der Waals surface area contributed by atoms with E-state index in [0.717, 1.165) is 18.6 Å². The van der Waals surface area contributed by atoms with Crippen LogP contribution < -0.4 is 10.6 Å². The Balaban J connectivity index is 1.62. The third-order valence-electron chi connectivity index (χ3n) is 3.26. The van der Waals surface area contributed by atoms with Gasteiger partial charge in [0.05, 0.1) is 0 Å². The van der Waals surface area contributed by atoms with Crippen molar-refractivity contribution in [3.05, 3.63) is 11.8 Å². The minimum absolute atomic E-state index is 0.120. The van der Waals surface area contributed by atoms with E-state index >= 15 is 0 Å². The third-order valence-corrected chi connectivity index (χ3v) is 3.26. The molecule has 0 spiro atoms. The molecule has 100 valence electrons. The number of carbonyl (C=O) groups excluding carboxylic acids is 1. The molecule has 0 aliphatic heterocycles. The average molecular weight is 251 g/mol. The lowest BCUT2D eigenvalue weighted by atomic mass is 9.95. The molecule has 1 heterocycles. The van der Waals surface area contributed by atoms with E-state index in [1.54, 1.807) is 0 Å². The first-order chi connectivity index (χ1) is 8.74. The number of carbonyl (C=O) groups is 1. The quantitative estimate of drug-likeness (QED) is 0.842. The zero-order valence-electron chi connectivity index (χ0n) is 10.9. The molecule has 1 aliphatic rings. The zero-order chi connectivity index (χ0) is 12.8. The first kappa shape index (κ1) is 12.9. The summed E-state index contributed by atoms with van der Waals surface area (Å²) in [5.41, 5.74) is 0. The van der Waals surface area contributed by atoms with Gasteiger partial charge in [0.15, 0.2) is 5.82 Å². The van der Waals surface area contributed by atoms with Crippen LogP contribution >= 0.6 is 0 Å². The van der Waals surface area contributed by atoms with Crippen LogP contribution in [0, 0.1) is 6.92 Å². The first-order valence-corrected chi connectivity index (χ1v) is 6.70. The van der Waals surface area contributed by atoms with Gasteiger partial charge in [-0.3, -0.25) is 4.79 Å². The van der Waals surface area contributed by atoms with Gasteiger partial charge in [0.1, 0.15) is 5.76 Å². The number of aromatic nitrogens is 1. The number of amides is 1. The van der Waals surface area contributed by atoms with Crippen molar-refractivity contribution in [2.45, 2.75) is 51.5 Å². The van der Waals surface area contributed by atoms with E-state index in [1.165, 1.54) is 19.3 Å². The summed E-state index contributed by atoms with van der Waals surface area (Å²) in [6.07, 6.45) is 6.51. The molecule has 1 saturated carbocycles. The van der Waals surface area contributed by atoms with Gasteiger partial charge in [-0.15, -0.1) is 0 Å². The van der Waals surface area contributed by atoms with E-state index in [1.807, 2.05) is 13.0 Å². The predicted octanol–water partition coefficient (Wildman–Crippen LogP) is 2.23. The topological polar surface area (TPSA) is 67.2 Å². The van der Waals surface area contributed by atoms with E-state index in [2.05, 4.69) is 15.8 Å². The highest BCUT2D eigenvalue weighted by Gasteiger charge is 2.15. The minimum atomic E-state index is 0.120. The molecule has 0 radical (unpaired) electrons. The fraction of sp³-hybridized carbons (Fsp3) is 0.692. The Hall–Kier alpha value is -1.52. The highest BCUT2D eigenvalue weighted by Crippen LogP contribution is 2.17. The van der Waals surface area contributed by atoms with E-state index in [0.29, 0.717) is 24.8 Å². The summed E-state index contributed by atoms with van der Waals surface area (Å²) in [6, 6.07) is 2.21. The summed E-state index contributed by atoms with van der Waals surface area (Å²) in [7, 11) is 0. The molecule has 2 N–H and O–H groups in total. The summed E-state index contributed by atoms with van der Waals surface area (Å²) in [5, 5.41) is 9.97. The molecule has 0 unspecified atom stereocenters. The Morgan fingerprint density at radius 1 is 1.44 bits per heavy atom. The second kappa shape index (κ2) is 6.42. The number of rotatable bonds is 5. The molecule has 5 heteroatoms. The molecule has 18 heavy (non-hydrogen) atoms. The van der Waals surface area contributed by atoms with E-state index < -0.39 is 0 Å². The van der Waals surface area contributed by atoms with Crippen LogP contribution in [0.1, 0.15) is 44.3 Å². The van der Waals surface area contributed by atoms with Crippen LogP contribution in [0.3, 0.4) is 0 Å². The summed E-state index contributed by atoms with van der Waals surface area (Å²) in [5.74, 6) is 1.58. The zero-order valence-corrected chi connectivity index (χ0v) is 10.9. The van der Waals surface area contributed by atoms with Crippen LogP contribution in [-0.4, -0.2) is 23.7 Å². The number of hydrogen-bond donors (Lipinski definition) is 2. The standard InChI is InChI=1S/C13H21N3O2/c1-10-9-12(16-18-10)14-8-7-13(17)15-11-5-3-2-4-6-11/h9,11H,2-8H2,1H3,(H,14,16)(H,15,17). The highest BCUT2D eigenvalue weighted by atomic mass is 16.5. The molecular weight excluding hydrogens is 230 g/mol. The van der Waals surface area contributed by atoms with Crippen molar-refractivity contribution < 1.29 is 9.32 Å². The van der Waals surface area contributed by atoms with Crippen LogP contribution in [0.2, 0.25) is 0 Å². The summed E-state index contributed by atoms with van der Waals surface area (Å²) >= 11 is 0. The lowest BCUT2D eigenvalue weighted by Gasteiger charge is -2.22. The van der Waals surface area contributed by atoms with Crippen molar-refractivity contribution in [1.82, 2.24) is 10.5 Å². The van der Waals surface area contributed by atoms with Crippen molar-refractivity contribution in [2.75, 3.05) is 11.9 Å². The Bertz CT molecular complexity index is 383. The number of nitrogens with zero attached hydrogens (tertiary/aromatic N) is 1. The van der Waals surface area contributed by atoms with Gasteiger partial charge in [0.25, 0.3) is 0 Å². The minimum Gasteiger partial charge on any atom is -0.367 e. The van der Waals surface area contributed by atoms with Gasteiger partial charge in [-0.25, -0.2) is 0 Å². The normalized spacial score (nSPS) is 16.5. The molecule has 0 saturated heterocycles. The Labute approximate surface area is 107 Å². The molecule has 2 rings (SSSR count). The number of nitrogens with one attached hydrogen (secondary N) is 2. The number of aryl methyl sites for hydroxylation is 1. The van der Waals surface area contributed by atoms with Crippen molar-refractivity contribution in [2.24, 2.45) is 0 Å². The monoisotopic (exact) mass is 251 g/mol. The van der Waals surface area contributed by atoms with E-state index in [-0.39, 0.29) is 5.91 Å². The highest BCUT2D eigenvalue weighted by molar-refractivity contribution is 5.76. The second-order valence-electron chi connectivity index (χ2n) is 4.90.